The molecule has 0 amide bonds. The van der Waals surface area contributed by atoms with E-state index in [1.165, 1.54) is 4.31 Å². The van der Waals surface area contributed by atoms with Crippen LogP contribution < -0.4 is 0 Å². The fourth-order valence-electron chi connectivity index (χ4n) is 3.99. The second-order valence-electron chi connectivity index (χ2n) is 8.10. The molecule has 0 aliphatic rings. The molecule has 0 aliphatic carbocycles. The summed E-state index contributed by atoms with van der Waals surface area (Å²) in [5, 5.41) is 0. The molecule has 0 saturated heterocycles. The molecule has 1 aromatic carbocycles. The van der Waals surface area contributed by atoms with Crippen molar-refractivity contribution in [2.45, 2.75) is 64.3 Å². The predicted molar refractivity (Wildman–Crippen MR) is 132 cm³/mol. The van der Waals surface area contributed by atoms with E-state index in [0.717, 1.165) is 42.7 Å². The molecule has 34 heavy (non-hydrogen) atoms. The molecule has 0 spiro atoms. The number of ether oxygens (including phenoxy) is 1. The molecule has 3 rings (SSSR count). The lowest BCUT2D eigenvalue weighted by molar-refractivity contribution is -0.143. The Morgan fingerprint density at radius 1 is 1.12 bits per heavy atom. The maximum atomic E-state index is 12.9. The number of pyridine rings is 1. The summed E-state index contributed by atoms with van der Waals surface area (Å²) in [6.45, 7) is 7.66. The molecule has 0 bridgehead atoms. The number of esters is 1. The molecule has 2 aromatic heterocycles. The van der Waals surface area contributed by atoms with Gasteiger partial charge in [0.2, 0.25) is 10.0 Å². The highest BCUT2D eigenvalue weighted by molar-refractivity contribution is 7.89. The minimum absolute atomic E-state index is 0.227. The van der Waals surface area contributed by atoms with Crippen molar-refractivity contribution in [2.24, 2.45) is 0 Å². The van der Waals surface area contributed by atoms with Crippen LogP contribution in [0.25, 0.3) is 11.0 Å². The van der Waals surface area contributed by atoms with Gasteiger partial charge >= 0.3 is 5.97 Å². The Balaban J connectivity index is 1.66. The van der Waals surface area contributed by atoms with Gasteiger partial charge in [-0.1, -0.05) is 26.8 Å². The minimum atomic E-state index is -3.56. The summed E-state index contributed by atoms with van der Waals surface area (Å²) in [7, 11) is -3.56. The Labute approximate surface area is 202 Å². The lowest BCUT2D eigenvalue weighted by atomic mass is 10.2. The van der Waals surface area contributed by atoms with E-state index in [1.54, 1.807) is 18.3 Å². The van der Waals surface area contributed by atoms with Crippen molar-refractivity contribution >= 4 is 27.0 Å². The van der Waals surface area contributed by atoms with E-state index in [0.29, 0.717) is 31.6 Å². The summed E-state index contributed by atoms with van der Waals surface area (Å²) in [5.41, 5.74) is 2.62. The smallest absolute Gasteiger partial charge is 0.306 e. The Kier molecular flexibility index (Phi) is 9.18. The fraction of sp³-hybridized carbons (Fsp3) is 0.480. The number of benzene rings is 1. The van der Waals surface area contributed by atoms with Crippen molar-refractivity contribution in [1.29, 1.82) is 0 Å². The lowest BCUT2D eigenvalue weighted by Crippen LogP contribution is -2.30. The van der Waals surface area contributed by atoms with Crippen molar-refractivity contribution in [3.63, 3.8) is 0 Å². The van der Waals surface area contributed by atoms with Crippen LogP contribution in [0.2, 0.25) is 0 Å². The number of rotatable bonds is 13. The predicted octanol–water partition coefficient (Wildman–Crippen LogP) is 3.98. The number of carbonyl (C=O) groups is 1. The molecular weight excluding hydrogens is 452 g/mol. The third kappa shape index (κ3) is 6.21. The maximum absolute atomic E-state index is 12.9. The number of aromatic nitrogens is 3. The van der Waals surface area contributed by atoms with Gasteiger partial charge in [-0.25, -0.2) is 13.4 Å². The molecule has 0 saturated carbocycles. The first-order chi connectivity index (χ1) is 16.4. The number of carbonyl (C=O) groups excluding carboxylic acids is 1. The van der Waals surface area contributed by atoms with Crippen LogP contribution in [0.1, 0.15) is 51.4 Å². The SMILES string of the molecule is CCCn1c(CCC(=O)OCCCc2cccnc2)nc2cc(S(=O)(=O)N(CC)CC)ccc21. The van der Waals surface area contributed by atoms with Crippen LogP contribution in [-0.4, -0.2) is 52.9 Å². The molecule has 0 N–H and O–H groups in total. The molecule has 2 heterocycles. The highest BCUT2D eigenvalue weighted by atomic mass is 32.2. The van der Waals surface area contributed by atoms with Gasteiger partial charge in [0.25, 0.3) is 0 Å². The molecule has 0 atom stereocenters. The quantitative estimate of drug-likeness (QED) is 0.268. The van der Waals surface area contributed by atoms with E-state index in [-0.39, 0.29) is 17.3 Å². The molecule has 9 heteroatoms. The van der Waals surface area contributed by atoms with Gasteiger partial charge in [0.1, 0.15) is 5.82 Å². The molecule has 0 aliphatic heterocycles. The zero-order chi connectivity index (χ0) is 24.6. The van der Waals surface area contributed by atoms with Gasteiger partial charge in [0.15, 0.2) is 0 Å². The molecule has 3 aromatic rings. The number of aryl methyl sites for hydroxylation is 3. The van der Waals surface area contributed by atoms with Crippen LogP contribution in [0.5, 0.6) is 0 Å². The standard InChI is InChI=1S/C25H34N4O4S/c1-4-16-29-23-12-11-21(34(31,32)28(5-2)6-3)18-22(23)27-24(29)13-14-25(30)33-17-8-10-20-9-7-15-26-19-20/h7,9,11-12,15,18-19H,4-6,8,10,13-14,16-17H2,1-3H3. The molecule has 184 valence electrons. The summed E-state index contributed by atoms with van der Waals surface area (Å²) in [6.07, 6.45) is 6.68. The molecule has 0 radical (unpaired) electrons. The van der Waals surface area contributed by atoms with Crippen molar-refractivity contribution in [1.82, 2.24) is 18.8 Å². The van der Waals surface area contributed by atoms with Crippen molar-refractivity contribution in [3.05, 3.63) is 54.1 Å². The van der Waals surface area contributed by atoms with Crippen molar-refractivity contribution in [2.75, 3.05) is 19.7 Å². The summed E-state index contributed by atoms with van der Waals surface area (Å²) in [4.78, 5) is 21.3. The fourth-order valence-corrected chi connectivity index (χ4v) is 5.47. The summed E-state index contributed by atoms with van der Waals surface area (Å²) in [5.74, 6) is 0.507. The second-order valence-corrected chi connectivity index (χ2v) is 10.0. The van der Waals surface area contributed by atoms with Crippen molar-refractivity contribution in [3.8, 4) is 0 Å². The first-order valence-corrected chi connectivity index (χ1v) is 13.4. The van der Waals surface area contributed by atoms with Crippen LogP contribution in [0.4, 0.5) is 0 Å². The van der Waals surface area contributed by atoms with Gasteiger partial charge in [0, 0.05) is 38.4 Å². The van der Waals surface area contributed by atoms with E-state index >= 15 is 0 Å². The van der Waals surface area contributed by atoms with Gasteiger partial charge in [-0.3, -0.25) is 9.78 Å². The van der Waals surface area contributed by atoms with Crippen LogP contribution in [0.15, 0.2) is 47.6 Å². The number of fused-ring (bicyclic) bond motifs is 1. The lowest BCUT2D eigenvalue weighted by Gasteiger charge is -2.18. The van der Waals surface area contributed by atoms with Crippen molar-refractivity contribution < 1.29 is 17.9 Å². The second kappa shape index (κ2) is 12.1. The minimum Gasteiger partial charge on any atom is -0.466 e. The van der Waals surface area contributed by atoms with Gasteiger partial charge < -0.3 is 9.30 Å². The largest absolute Gasteiger partial charge is 0.466 e. The zero-order valence-electron chi connectivity index (χ0n) is 20.2. The van der Waals surface area contributed by atoms with E-state index < -0.39 is 10.0 Å². The highest BCUT2D eigenvalue weighted by Gasteiger charge is 2.23. The third-order valence-electron chi connectivity index (χ3n) is 5.74. The number of nitrogens with zero attached hydrogens (tertiary/aromatic N) is 4. The first kappa shape index (κ1) is 25.8. The van der Waals surface area contributed by atoms with E-state index in [2.05, 4.69) is 21.5 Å². The first-order valence-electron chi connectivity index (χ1n) is 11.9. The van der Waals surface area contributed by atoms with Crippen LogP contribution in [0.3, 0.4) is 0 Å². The average molecular weight is 487 g/mol. The number of hydrogen-bond donors (Lipinski definition) is 0. The summed E-state index contributed by atoms with van der Waals surface area (Å²) in [6, 6.07) is 8.99. The molecule has 0 fully saturated rings. The maximum Gasteiger partial charge on any atom is 0.306 e. The van der Waals surface area contributed by atoms with Gasteiger partial charge in [-0.15, -0.1) is 0 Å². The van der Waals surface area contributed by atoms with E-state index in [1.807, 2.05) is 38.2 Å². The molecule has 8 nitrogen and oxygen atoms in total. The number of sulfonamides is 1. The highest BCUT2D eigenvalue weighted by Crippen LogP contribution is 2.24. The monoisotopic (exact) mass is 486 g/mol. The van der Waals surface area contributed by atoms with Gasteiger partial charge in [-0.05, 0) is 49.1 Å². The average Bonchev–Trinajstić information content (AvgIpc) is 3.18. The van der Waals surface area contributed by atoms with Gasteiger partial charge in [-0.2, -0.15) is 4.31 Å². The Bertz CT molecular complexity index is 1190. The topological polar surface area (TPSA) is 94.4 Å². The van der Waals surface area contributed by atoms with Crippen LogP contribution in [0, 0.1) is 0 Å². The van der Waals surface area contributed by atoms with E-state index in [4.69, 9.17) is 4.74 Å². The number of hydrogen-bond acceptors (Lipinski definition) is 6. The molecule has 0 unspecified atom stereocenters. The Morgan fingerprint density at radius 3 is 2.59 bits per heavy atom. The van der Waals surface area contributed by atoms with E-state index in [9.17, 15) is 13.2 Å². The zero-order valence-corrected chi connectivity index (χ0v) is 21.1. The normalized spacial score (nSPS) is 11.9. The third-order valence-corrected chi connectivity index (χ3v) is 7.78. The number of imidazole rings is 1. The summed E-state index contributed by atoms with van der Waals surface area (Å²) >= 11 is 0. The van der Waals surface area contributed by atoms with Crippen LogP contribution in [-0.2, 0) is 38.9 Å². The van der Waals surface area contributed by atoms with Crippen LogP contribution >= 0.6 is 0 Å². The van der Waals surface area contributed by atoms with Gasteiger partial charge in [0.05, 0.1) is 29.0 Å². The molecular formula is C25H34N4O4S. The Morgan fingerprint density at radius 2 is 1.91 bits per heavy atom. The Hall–Kier alpha value is -2.78. The summed E-state index contributed by atoms with van der Waals surface area (Å²) < 4.78 is 34.7.